The summed E-state index contributed by atoms with van der Waals surface area (Å²) in [6, 6.07) is 12.0. The number of amides is 1. The zero-order valence-electron chi connectivity index (χ0n) is 18.6. The van der Waals surface area contributed by atoms with Crippen LogP contribution in [-0.4, -0.2) is 54.1 Å². The summed E-state index contributed by atoms with van der Waals surface area (Å²) in [4.78, 5) is 24.4. The summed E-state index contributed by atoms with van der Waals surface area (Å²) in [5.41, 5.74) is 9.35. The van der Waals surface area contributed by atoms with Crippen molar-refractivity contribution in [1.82, 2.24) is 14.9 Å². The number of carbonyl (C=O) groups excluding carboxylic acids is 1. The first kappa shape index (κ1) is 20.8. The number of ether oxygens (including phenoxy) is 1. The van der Waals surface area contributed by atoms with Crippen LogP contribution in [0.2, 0.25) is 0 Å². The predicted octanol–water partition coefficient (Wildman–Crippen LogP) is 3.48. The van der Waals surface area contributed by atoms with E-state index in [9.17, 15) is 4.79 Å². The van der Waals surface area contributed by atoms with Crippen molar-refractivity contribution >= 4 is 28.3 Å². The molecule has 1 spiro atoms. The molecular formula is C25H29N5O2. The number of nitrogens with two attached hydrogens (primary N) is 1. The third kappa shape index (κ3) is 3.82. The Morgan fingerprint density at radius 3 is 3.00 bits per heavy atom. The highest BCUT2D eigenvalue weighted by Crippen LogP contribution is 2.58. The molecule has 2 aromatic heterocycles. The number of carbonyl (C=O) groups is 1. The summed E-state index contributed by atoms with van der Waals surface area (Å²) >= 11 is 0. The van der Waals surface area contributed by atoms with Crippen LogP contribution in [0, 0.1) is 18.3 Å². The van der Waals surface area contributed by atoms with Gasteiger partial charge in [0.05, 0.1) is 12.3 Å². The van der Waals surface area contributed by atoms with E-state index in [0.717, 1.165) is 66.7 Å². The number of nitrogens with zero attached hydrogens (tertiary/aromatic N) is 3. The van der Waals surface area contributed by atoms with E-state index < -0.39 is 0 Å². The molecule has 1 aliphatic heterocycles. The van der Waals surface area contributed by atoms with Gasteiger partial charge in [-0.1, -0.05) is 24.3 Å². The zero-order chi connectivity index (χ0) is 22.3. The van der Waals surface area contributed by atoms with Crippen molar-refractivity contribution in [3.8, 4) is 11.3 Å². The molecular weight excluding hydrogens is 402 g/mol. The fraction of sp³-hybridized carbons (Fsp3) is 0.400. The van der Waals surface area contributed by atoms with Gasteiger partial charge in [-0.15, -0.1) is 0 Å². The van der Waals surface area contributed by atoms with Gasteiger partial charge in [0.2, 0.25) is 5.91 Å². The van der Waals surface area contributed by atoms with Gasteiger partial charge in [-0.05, 0) is 54.8 Å². The number of likely N-dealkylation sites (tertiary alicyclic amines) is 1. The smallest absolute Gasteiger partial charge is 0.229 e. The van der Waals surface area contributed by atoms with Crippen molar-refractivity contribution in [2.24, 2.45) is 11.3 Å². The molecule has 1 saturated carbocycles. The molecule has 1 aromatic carbocycles. The summed E-state index contributed by atoms with van der Waals surface area (Å²) in [5, 5.41) is 4.74. The van der Waals surface area contributed by atoms with E-state index in [2.05, 4.69) is 33.2 Å². The Bertz CT molecular complexity index is 1180. The van der Waals surface area contributed by atoms with Crippen LogP contribution in [0.3, 0.4) is 0 Å². The van der Waals surface area contributed by atoms with E-state index in [1.54, 1.807) is 13.3 Å². The Hall–Kier alpha value is -3.03. The minimum atomic E-state index is 0.0533. The van der Waals surface area contributed by atoms with Gasteiger partial charge in [-0.2, -0.15) is 0 Å². The highest BCUT2D eigenvalue weighted by atomic mass is 16.5. The van der Waals surface area contributed by atoms with Crippen molar-refractivity contribution in [3.63, 3.8) is 0 Å². The predicted molar refractivity (Wildman–Crippen MR) is 126 cm³/mol. The standard InChI is InChI=1S/C25H29N5O2/c1-16-5-3-4-6-18(16)21-11-17-12-22(27-14-19(17)23(26)28-21)29-24(31)20-13-25(20)7-8-30(15-25)9-10-32-2/h3-6,11-12,14,20H,7-10,13,15H2,1-2H3,(H2,26,28)(H,27,29,31)/t20-,25+/m1/s1. The van der Waals surface area contributed by atoms with E-state index in [1.165, 1.54) is 0 Å². The molecule has 7 heteroatoms. The van der Waals surface area contributed by atoms with Gasteiger partial charge >= 0.3 is 0 Å². The molecule has 1 aliphatic carbocycles. The second kappa shape index (κ2) is 8.15. The zero-order valence-corrected chi connectivity index (χ0v) is 18.6. The monoisotopic (exact) mass is 431 g/mol. The van der Waals surface area contributed by atoms with E-state index in [0.29, 0.717) is 11.6 Å². The molecule has 1 saturated heterocycles. The summed E-state index contributed by atoms with van der Waals surface area (Å²) in [6.07, 6.45) is 3.71. The fourth-order valence-corrected chi connectivity index (χ4v) is 5.02. The lowest BCUT2D eigenvalue weighted by atomic mass is 10.0. The van der Waals surface area contributed by atoms with Crippen LogP contribution < -0.4 is 11.1 Å². The molecule has 0 bridgehead atoms. The number of hydrogen-bond donors (Lipinski definition) is 2. The number of nitrogens with one attached hydrogen (secondary N) is 1. The number of hydrogen-bond acceptors (Lipinski definition) is 6. The van der Waals surface area contributed by atoms with Crippen LogP contribution in [0.1, 0.15) is 18.4 Å². The Balaban J connectivity index is 1.33. The largest absolute Gasteiger partial charge is 0.383 e. The third-order valence-electron chi connectivity index (χ3n) is 7.00. The van der Waals surface area contributed by atoms with Gasteiger partial charge < -0.3 is 20.7 Å². The summed E-state index contributed by atoms with van der Waals surface area (Å²) in [7, 11) is 1.73. The normalized spacial score (nSPS) is 22.5. The highest BCUT2D eigenvalue weighted by Gasteiger charge is 2.60. The fourth-order valence-electron chi connectivity index (χ4n) is 5.02. The molecule has 3 N–H and O–H groups in total. The van der Waals surface area contributed by atoms with Gasteiger partial charge in [0.25, 0.3) is 0 Å². The number of nitrogen functional groups attached to an aromatic ring is 1. The maximum Gasteiger partial charge on any atom is 0.229 e. The summed E-state index contributed by atoms with van der Waals surface area (Å²) < 4.78 is 5.19. The highest BCUT2D eigenvalue weighted by molar-refractivity contribution is 5.98. The minimum absolute atomic E-state index is 0.0533. The molecule has 2 fully saturated rings. The van der Waals surface area contributed by atoms with E-state index in [1.807, 2.05) is 30.3 Å². The van der Waals surface area contributed by atoms with Gasteiger partial charge in [0.15, 0.2) is 0 Å². The van der Waals surface area contributed by atoms with Crippen LogP contribution in [0.25, 0.3) is 22.0 Å². The van der Waals surface area contributed by atoms with Crippen LogP contribution >= 0.6 is 0 Å². The Morgan fingerprint density at radius 2 is 2.19 bits per heavy atom. The molecule has 32 heavy (non-hydrogen) atoms. The van der Waals surface area contributed by atoms with E-state index in [4.69, 9.17) is 10.5 Å². The molecule has 2 atom stereocenters. The number of methoxy groups -OCH3 is 1. The molecule has 166 valence electrons. The lowest BCUT2D eigenvalue weighted by Gasteiger charge is -2.15. The molecule has 5 rings (SSSR count). The Morgan fingerprint density at radius 1 is 1.34 bits per heavy atom. The molecule has 3 heterocycles. The van der Waals surface area contributed by atoms with Crippen molar-refractivity contribution < 1.29 is 9.53 Å². The van der Waals surface area contributed by atoms with E-state index >= 15 is 0 Å². The van der Waals surface area contributed by atoms with Crippen molar-refractivity contribution in [2.45, 2.75) is 19.8 Å². The summed E-state index contributed by atoms with van der Waals surface area (Å²) in [6.45, 7) is 5.73. The van der Waals surface area contributed by atoms with E-state index in [-0.39, 0.29) is 17.2 Å². The summed E-state index contributed by atoms with van der Waals surface area (Å²) in [5.74, 6) is 1.11. The maximum atomic E-state index is 13.0. The van der Waals surface area contributed by atoms with Crippen LogP contribution in [0.4, 0.5) is 11.6 Å². The molecule has 2 aliphatic rings. The average Bonchev–Trinajstić information content (AvgIpc) is 3.34. The van der Waals surface area contributed by atoms with Gasteiger partial charge in [0.1, 0.15) is 11.6 Å². The number of anilines is 2. The minimum Gasteiger partial charge on any atom is -0.383 e. The Labute approximate surface area is 188 Å². The van der Waals surface area contributed by atoms with Crippen LogP contribution in [0.5, 0.6) is 0 Å². The third-order valence-corrected chi connectivity index (χ3v) is 7.00. The lowest BCUT2D eigenvalue weighted by Crippen LogP contribution is -2.26. The van der Waals surface area contributed by atoms with Gasteiger partial charge in [0, 0.05) is 43.3 Å². The number of rotatable bonds is 6. The van der Waals surface area contributed by atoms with Gasteiger partial charge in [-0.25, -0.2) is 9.97 Å². The number of aromatic nitrogens is 2. The van der Waals surface area contributed by atoms with Crippen LogP contribution in [0.15, 0.2) is 42.6 Å². The number of benzene rings is 1. The van der Waals surface area contributed by atoms with Crippen molar-refractivity contribution in [2.75, 3.05) is 44.4 Å². The van der Waals surface area contributed by atoms with Gasteiger partial charge in [-0.3, -0.25) is 4.79 Å². The Kier molecular flexibility index (Phi) is 5.31. The lowest BCUT2D eigenvalue weighted by molar-refractivity contribution is -0.118. The number of pyridine rings is 2. The van der Waals surface area contributed by atoms with Crippen molar-refractivity contribution in [3.05, 3.63) is 48.2 Å². The molecule has 7 nitrogen and oxygen atoms in total. The first-order valence-corrected chi connectivity index (χ1v) is 11.1. The number of aryl methyl sites for hydroxylation is 1. The quantitative estimate of drug-likeness (QED) is 0.621. The SMILES string of the molecule is COCCN1CC[C@]2(C[C@@H]2C(=O)Nc2cc3cc(-c4ccccc4C)nc(N)c3cn2)C1. The second-order valence-corrected chi connectivity index (χ2v) is 9.13. The average molecular weight is 432 g/mol. The maximum absolute atomic E-state index is 13.0. The van der Waals surface area contributed by atoms with Crippen molar-refractivity contribution in [1.29, 1.82) is 0 Å². The molecule has 1 amide bonds. The first-order chi connectivity index (χ1) is 15.5. The molecule has 3 aromatic rings. The second-order valence-electron chi connectivity index (χ2n) is 9.13. The topological polar surface area (TPSA) is 93.4 Å². The first-order valence-electron chi connectivity index (χ1n) is 11.1. The number of fused-ring (bicyclic) bond motifs is 1. The van der Waals surface area contributed by atoms with Crippen LogP contribution in [-0.2, 0) is 9.53 Å². The molecule has 0 unspecified atom stereocenters. The molecule has 0 radical (unpaired) electrons.